The molecule has 0 unspecified atom stereocenters. The predicted molar refractivity (Wildman–Crippen MR) is 140 cm³/mol. The van der Waals surface area contributed by atoms with E-state index < -0.39 is 24.5 Å². The molecule has 3 atom stereocenters. The Bertz CT molecular complexity index is 1220. The number of fused-ring (bicyclic) bond motifs is 4. The lowest BCUT2D eigenvalue weighted by Crippen LogP contribution is -2.46. The number of benzene rings is 1. The van der Waals surface area contributed by atoms with Crippen molar-refractivity contribution in [2.75, 3.05) is 41.9 Å². The maximum absolute atomic E-state index is 14.2. The number of rotatable bonds is 4. The van der Waals surface area contributed by atoms with Crippen molar-refractivity contribution in [3.05, 3.63) is 41.8 Å². The number of nitrogens with zero attached hydrogens (tertiary/aromatic N) is 4. The van der Waals surface area contributed by atoms with Gasteiger partial charge in [-0.05, 0) is 75.9 Å². The van der Waals surface area contributed by atoms with Gasteiger partial charge in [0.05, 0.1) is 36.8 Å². The maximum atomic E-state index is 14.2. The van der Waals surface area contributed by atoms with Crippen LogP contribution in [0.4, 0.5) is 40.4 Å². The summed E-state index contributed by atoms with van der Waals surface area (Å²) in [6.45, 7) is -0.420. The smallest absolute Gasteiger partial charge is 0.381 e. The van der Waals surface area contributed by atoms with E-state index in [9.17, 15) is 22.4 Å². The molecular formula is C28H33F4N5O2. The number of likely N-dealkylation sites (tertiary alicyclic amines) is 1. The molecule has 7 nitrogen and oxygen atoms in total. The third-order valence-corrected chi connectivity index (χ3v) is 8.71. The summed E-state index contributed by atoms with van der Waals surface area (Å²) in [7, 11) is 1.76. The molecule has 1 aromatic heterocycles. The van der Waals surface area contributed by atoms with Gasteiger partial charge in [-0.3, -0.25) is 9.69 Å². The molecule has 0 aliphatic carbocycles. The number of hydrogen-bond acceptors (Lipinski definition) is 6. The molecule has 4 aliphatic rings. The Morgan fingerprint density at radius 3 is 2.49 bits per heavy atom. The molecule has 4 aliphatic heterocycles. The summed E-state index contributed by atoms with van der Waals surface area (Å²) in [5.74, 6) is -0.572. The lowest BCUT2D eigenvalue weighted by molar-refractivity contribution is -0.149. The number of alkyl halides is 3. The van der Waals surface area contributed by atoms with E-state index in [1.165, 1.54) is 11.0 Å². The molecular weight excluding hydrogens is 514 g/mol. The first-order chi connectivity index (χ1) is 18.7. The molecule has 1 aromatic carbocycles. The largest absolute Gasteiger partial charge is 0.401 e. The van der Waals surface area contributed by atoms with Gasteiger partial charge in [0.25, 0.3) is 0 Å². The second-order valence-corrected chi connectivity index (χ2v) is 11.2. The van der Waals surface area contributed by atoms with Crippen LogP contribution in [0.5, 0.6) is 0 Å². The zero-order chi connectivity index (χ0) is 27.3. The summed E-state index contributed by atoms with van der Waals surface area (Å²) < 4.78 is 58.5. The Morgan fingerprint density at radius 1 is 1.10 bits per heavy atom. The molecule has 0 radical (unpaired) electrons. The average molecular weight is 548 g/mol. The SMILES string of the molecule is CO[C@@H]1C[C@H]2CC[C@@H](C1)N2c1ccc2c(c1)N(C(=O)C1CCN(CC(F)(F)F)CC1)Cc1cc(F)cnc1N2. The minimum Gasteiger partial charge on any atom is -0.381 e. The number of hydrogen-bond donors (Lipinski definition) is 1. The third kappa shape index (κ3) is 5.30. The lowest BCUT2D eigenvalue weighted by Gasteiger charge is -2.40. The van der Waals surface area contributed by atoms with Crippen molar-refractivity contribution in [3.63, 3.8) is 0 Å². The maximum Gasteiger partial charge on any atom is 0.401 e. The van der Waals surface area contributed by atoms with Crippen LogP contribution in [0, 0.1) is 11.7 Å². The molecule has 2 bridgehead atoms. The number of amides is 1. The molecule has 0 saturated carbocycles. The molecule has 210 valence electrons. The van der Waals surface area contributed by atoms with Crippen molar-refractivity contribution in [1.82, 2.24) is 9.88 Å². The van der Waals surface area contributed by atoms with Gasteiger partial charge in [0.1, 0.15) is 11.6 Å². The van der Waals surface area contributed by atoms with Crippen LogP contribution < -0.4 is 15.1 Å². The second-order valence-electron chi connectivity index (χ2n) is 11.2. The number of aromatic nitrogens is 1. The molecule has 0 spiro atoms. The van der Waals surface area contributed by atoms with Gasteiger partial charge in [-0.2, -0.15) is 13.2 Å². The molecule has 11 heteroatoms. The molecule has 2 aromatic rings. The highest BCUT2D eigenvalue weighted by atomic mass is 19.4. The molecule has 3 fully saturated rings. The van der Waals surface area contributed by atoms with E-state index in [-0.39, 0.29) is 31.6 Å². The summed E-state index contributed by atoms with van der Waals surface area (Å²) in [4.78, 5) is 23.7. The fourth-order valence-electron chi connectivity index (χ4n) is 6.86. The Hall–Kier alpha value is -2.92. The first-order valence-corrected chi connectivity index (χ1v) is 13.7. The Morgan fingerprint density at radius 2 is 1.82 bits per heavy atom. The quantitative estimate of drug-likeness (QED) is 0.529. The summed E-state index contributed by atoms with van der Waals surface area (Å²) in [5.41, 5.74) is 2.96. The van der Waals surface area contributed by atoms with Crippen LogP contribution in [0.2, 0.25) is 0 Å². The molecule has 1 N–H and O–H groups in total. The number of halogens is 4. The molecule has 5 heterocycles. The van der Waals surface area contributed by atoms with Crippen molar-refractivity contribution in [2.24, 2.45) is 5.92 Å². The fraction of sp³-hybridized carbons (Fsp3) is 0.571. The van der Waals surface area contributed by atoms with Crippen molar-refractivity contribution in [1.29, 1.82) is 0 Å². The number of anilines is 4. The first kappa shape index (κ1) is 26.3. The first-order valence-electron chi connectivity index (χ1n) is 13.7. The van der Waals surface area contributed by atoms with Crippen LogP contribution in [0.3, 0.4) is 0 Å². The van der Waals surface area contributed by atoms with Crippen LogP contribution in [0.15, 0.2) is 30.5 Å². The van der Waals surface area contributed by atoms with Crippen LogP contribution in [0.1, 0.15) is 44.1 Å². The van der Waals surface area contributed by atoms with Crippen LogP contribution in [-0.4, -0.2) is 66.9 Å². The number of ether oxygens (including phenoxy) is 1. The van der Waals surface area contributed by atoms with Gasteiger partial charge in [0.15, 0.2) is 0 Å². The zero-order valence-corrected chi connectivity index (χ0v) is 21.9. The summed E-state index contributed by atoms with van der Waals surface area (Å²) in [6.07, 6.45) is 1.91. The highest BCUT2D eigenvalue weighted by molar-refractivity contribution is 6.00. The highest BCUT2D eigenvalue weighted by Crippen LogP contribution is 2.44. The van der Waals surface area contributed by atoms with Gasteiger partial charge < -0.3 is 19.9 Å². The number of pyridine rings is 1. The molecule has 1 amide bonds. The van der Waals surface area contributed by atoms with E-state index in [1.54, 1.807) is 12.0 Å². The minimum atomic E-state index is -4.26. The number of methoxy groups -OCH3 is 1. The van der Waals surface area contributed by atoms with Gasteiger partial charge in [-0.1, -0.05) is 0 Å². The molecule has 39 heavy (non-hydrogen) atoms. The standard InChI is InChI=1S/C28H33F4N5O2/c1-39-23-11-20-2-3-21(12-23)37(20)22-4-5-24-25(13-22)36(15-18-10-19(29)14-33-26(18)34-24)27(38)17-6-8-35(9-7-17)16-28(30,31)32/h4-5,10,13-14,17,20-21,23H,2-3,6-9,11-12,15-16H2,1H3,(H,33,34)/t20-,21+,23-. The van der Waals surface area contributed by atoms with Gasteiger partial charge in [0.2, 0.25) is 5.91 Å². The van der Waals surface area contributed by atoms with Crippen LogP contribution in [0.25, 0.3) is 0 Å². The van der Waals surface area contributed by atoms with E-state index >= 15 is 0 Å². The highest BCUT2D eigenvalue weighted by Gasteiger charge is 2.42. The van der Waals surface area contributed by atoms with Crippen molar-refractivity contribution < 1.29 is 27.1 Å². The Labute approximate surface area is 225 Å². The van der Waals surface area contributed by atoms with Gasteiger partial charge >= 0.3 is 6.18 Å². The summed E-state index contributed by atoms with van der Waals surface area (Å²) in [6, 6.07) is 8.13. The van der Waals surface area contributed by atoms with E-state index in [0.717, 1.165) is 37.6 Å². The summed E-state index contributed by atoms with van der Waals surface area (Å²) >= 11 is 0. The van der Waals surface area contributed by atoms with Crippen LogP contribution >= 0.6 is 0 Å². The Balaban J connectivity index is 1.30. The van der Waals surface area contributed by atoms with Gasteiger partial charge in [-0.15, -0.1) is 0 Å². The summed E-state index contributed by atoms with van der Waals surface area (Å²) in [5, 5.41) is 3.29. The normalized spacial score (nSPS) is 25.6. The topological polar surface area (TPSA) is 60.9 Å². The number of carbonyl (C=O) groups excluding carboxylic acids is 1. The molecule has 6 rings (SSSR count). The van der Waals surface area contributed by atoms with E-state index in [0.29, 0.717) is 47.7 Å². The van der Waals surface area contributed by atoms with Crippen molar-refractivity contribution in [3.8, 4) is 0 Å². The monoisotopic (exact) mass is 547 g/mol. The minimum absolute atomic E-state index is 0.129. The van der Waals surface area contributed by atoms with E-state index in [2.05, 4.69) is 21.3 Å². The van der Waals surface area contributed by atoms with E-state index in [4.69, 9.17) is 4.74 Å². The van der Waals surface area contributed by atoms with Gasteiger partial charge in [0, 0.05) is 36.4 Å². The van der Waals surface area contributed by atoms with Crippen molar-refractivity contribution >= 4 is 28.8 Å². The number of nitrogens with one attached hydrogen (secondary N) is 1. The fourth-order valence-corrected chi connectivity index (χ4v) is 6.86. The number of carbonyl (C=O) groups is 1. The Kier molecular flexibility index (Phi) is 6.91. The van der Waals surface area contributed by atoms with E-state index in [1.807, 2.05) is 12.1 Å². The molecule has 3 saturated heterocycles. The predicted octanol–water partition coefficient (Wildman–Crippen LogP) is 5.23. The van der Waals surface area contributed by atoms with Gasteiger partial charge in [-0.25, -0.2) is 9.37 Å². The number of piperidine rings is 2. The lowest BCUT2D eigenvalue weighted by atomic mass is 9.94. The average Bonchev–Trinajstić information content (AvgIpc) is 3.07. The van der Waals surface area contributed by atoms with Crippen LogP contribution in [-0.2, 0) is 16.1 Å². The zero-order valence-electron chi connectivity index (χ0n) is 21.9. The van der Waals surface area contributed by atoms with Crippen molar-refractivity contribution in [2.45, 2.75) is 69.4 Å². The third-order valence-electron chi connectivity index (χ3n) is 8.71. The second kappa shape index (κ2) is 10.2.